The maximum Gasteiger partial charge on any atom is 0.235 e. The number of carbonyl (C=O) groups is 1. The minimum Gasteiger partial charge on any atom is -0.330 e. The van der Waals surface area contributed by atoms with Crippen LogP contribution in [-0.2, 0) is 11.8 Å². The van der Waals surface area contributed by atoms with Gasteiger partial charge in [0.15, 0.2) is 4.34 Å². The Hall–Kier alpha value is -2.39. The van der Waals surface area contributed by atoms with Crippen LogP contribution in [0.1, 0.15) is 11.3 Å². The van der Waals surface area contributed by atoms with Crippen molar-refractivity contribution in [3.63, 3.8) is 0 Å². The number of hydrogen-bond donors (Lipinski definition) is 2. The summed E-state index contributed by atoms with van der Waals surface area (Å²) in [6.07, 6.45) is 0. The number of benzene rings is 1. The van der Waals surface area contributed by atoms with Crippen LogP contribution in [0.2, 0.25) is 0 Å². The van der Waals surface area contributed by atoms with Gasteiger partial charge in [-0.05, 0) is 31.5 Å². The van der Waals surface area contributed by atoms with Gasteiger partial charge in [-0.2, -0.15) is 5.10 Å². The maximum atomic E-state index is 12.1. The Bertz CT molecular complexity index is 888. The van der Waals surface area contributed by atoms with Crippen LogP contribution < -0.4 is 10.6 Å². The van der Waals surface area contributed by atoms with Crippen LogP contribution in [0.4, 0.5) is 16.6 Å². The van der Waals surface area contributed by atoms with Crippen molar-refractivity contribution in [1.82, 2.24) is 20.0 Å². The molecule has 3 aromatic rings. The van der Waals surface area contributed by atoms with E-state index in [1.54, 1.807) is 11.7 Å². The third kappa shape index (κ3) is 4.80. The molecule has 0 radical (unpaired) electrons. The van der Waals surface area contributed by atoms with Gasteiger partial charge >= 0.3 is 0 Å². The lowest BCUT2D eigenvalue weighted by Gasteiger charge is -2.03. The van der Waals surface area contributed by atoms with Gasteiger partial charge < -0.3 is 10.6 Å². The smallest absolute Gasteiger partial charge is 0.235 e. The van der Waals surface area contributed by atoms with Gasteiger partial charge in [0.05, 0.1) is 11.4 Å². The van der Waals surface area contributed by atoms with E-state index in [1.807, 2.05) is 44.2 Å². The average Bonchev–Trinajstić information content (AvgIpc) is 3.12. The molecule has 0 fully saturated rings. The molecule has 7 nitrogen and oxygen atoms in total. The molecule has 0 aliphatic rings. The number of nitrogens with one attached hydrogen (secondary N) is 2. The van der Waals surface area contributed by atoms with Crippen molar-refractivity contribution in [2.24, 2.45) is 7.05 Å². The summed E-state index contributed by atoms with van der Waals surface area (Å²) in [6, 6.07) is 9.87. The molecule has 1 aromatic carbocycles. The first-order valence-corrected chi connectivity index (χ1v) is 9.40. The van der Waals surface area contributed by atoms with E-state index in [0.717, 1.165) is 15.7 Å². The molecule has 1 amide bonds. The SMILES string of the molecule is Cc1cccc(Nc2nnc(SCC(=O)Nc3cc(C)nn3C)s2)c1. The zero-order valence-corrected chi connectivity index (χ0v) is 15.7. The molecular weight excluding hydrogens is 356 g/mol. The van der Waals surface area contributed by atoms with Gasteiger partial charge in [0, 0.05) is 18.8 Å². The number of aryl methyl sites for hydroxylation is 3. The van der Waals surface area contributed by atoms with Gasteiger partial charge in [-0.1, -0.05) is 35.2 Å². The van der Waals surface area contributed by atoms with Crippen LogP contribution in [0.3, 0.4) is 0 Å². The molecule has 0 aliphatic heterocycles. The number of carbonyl (C=O) groups excluding carboxylic acids is 1. The van der Waals surface area contributed by atoms with E-state index >= 15 is 0 Å². The van der Waals surface area contributed by atoms with E-state index in [2.05, 4.69) is 25.9 Å². The number of hydrogen-bond acceptors (Lipinski definition) is 7. The van der Waals surface area contributed by atoms with E-state index in [1.165, 1.54) is 28.7 Å². The summed E-state index contributed by atoms with van der Waals surface area (Å²) >= 11 is 2.78. The first-order chi connectivity index (χ1) is 12.0. The highest BCUT2D eigenvalue weighted by atomic mass is 32.2. The third-order valence-corrected chi connectivity index (χ3v) is 5.24. The van der Waals surface area contributed by atoms with Crippen molar-refractivity contribution in [3.05, 3.63) is 41.6 Å². The summed E-state index contributed by atoms with van der Waals surface area (Å²) in [5, 5.41) is 19.2. The first kappa shape index (κ1) is 17.4. The van der Waals surface area contributed by atoms with Crippen molar-refractivity contribution in [2.75, 3.05) is 16.4 Å². The average molecular weight is 374 g/mol. The molecule has 2 N–H and O–H groups in total. The van der Waals surface area contributed by atoms with Crippen molar-refractivity contribution in [3.8, 4) is 0 Å². The summed E-state index contributed by atoms with van der Waals surface area (Å²) < 4.78 is 2.39. The topological polar surface area (TPSA) is 84.7 Å². The van der Waals surface area contributed by atoms with E-state index in [4.69, 9.17) is 0 Å². The van der Waals surface area contributed by atoms with Crippen molar-refractivity contribution >= 4 is 45.6 Å². The quantitative estimate of drug-likeness (QED) is 0.644. The Morgan fingerprint density at radius 1 is 1.28 bits per heavy atom. The zero-order valence-electron chi connectivity index (χ0n) is 14.1. The normalized spacial score (nSPS) is 10.7. The standard InChI is InChI=1S/C16H18N6OS2/c1-10-5-4-6-12(7-10)17-15-19-20-16(25-15)24-9-14(23)18-13-8-11(2)21-22(13)3/h4-8H,9H2,1-3H3,(H,17,19)(H,18,23). The largest absolute Gasteiger partial charge is 0.330 e. The third-order valence-electron chi connectivity index (χ3n) is 3.27. The van der Waals surface area contributed by atoms with Crippen molar-refractivity contribution in [2.45, 2.75) is 18.2 Å². The van der Waals surface area contributed by atoms with Gasteiger partial charge in [-0.3, -0.25) is 9.48 Å². The van der Waals surface area contributed by atoms with Crippen LogP contribution in [-0.4, -0.2) is 31.6 Å². The number of rotatable bonds is 6. The highest BCUT2D eigenvalue weighted by Gasteiger charge is 2.10. The van der Waals surface area contributed by atoms with E-state index in [0.29, 0.717) is 10.9 Å². The second-order valence-electron chi connectivity index (χ2n) is 5.50. The number of amides is 1. The summed E-state index contributed by atoms with van der Waals surface area (Å²) in [7, 11) is 1.80. The van der Waals surface area contributed by atoms with Gasteiger partial charge in [-0.15, -0.1) is 10.2 Å². The fraction of sp³-hybridized carbons (Fsp3) is 0.250. The van der Waals surface area contributed by atoms with Crippen LogP contribution >= 0.6 is 23.1 Å². The molecule has 9 heteroatoms. The molecule has 2 heterocycles. The Morgan fingerprint density at radius 3 is 2.84 bits per heavy atom. The highest BCUT2D eigenvalue weighted by Crippen LogP contribution is 2.28. The predicted molar refractivity (Wildman–Crippen MR) is 102 cm³/mol. The van der Waals surface area contributed by atoms with E-state index in [9.17, 15) is 4.79 Å². The molecule has 130 valence electrons. The summed E-state index contributed by atoms with van der Waals surface area (Å²) in [4.78, 5) is 12.1. The Labute approximate surface area is 153 Å². The van der Waals surface area contributed by atoms with Crippen LogP contribution in [0.5, 0.6) is 0 Å². The number of nitrogens with zero attached hydrogens (tertiary/aromatic N) is 4. The summed E-state index contributed by atoms with van der Waals surface area (Å²) in [6.45, 7) is 3.92. The van der Waals surface area contributed by atoms with Gasteiger partial charge in [0.2, 0.25) is 11.0 Å². The minimum atomic E-state index is -0.101. The van der Waals surface area contributed by atoms with Crippen LogP contribution in [0, 0.1) is 13.8 Å². The number of anilines is 3. The molecule has 0 unspecified atom stereocenters. The Kier molecular flexibility index (Phi) is 5.34. The fourth-order valence-corrected chi connectivity index (χ4v) is 3.77. The summed E-state index contributed by atoms with van der Waals surface area (Å²) in [5.41, 5.74) is 3.00. The Morgan fingerprint density at radius 2 is 2.12 bits per heavy atom. The van der Waals surface area contributed by atoms with Crippen molar-refractivity contribution in [1.29, 1.82) is 0 Å². The second kappa shape index (κ2) is 7.66. The molecule has 0 bridgehead atoms. The molecule has 0 spiro atoms. The summed E-state index contributed by atoms with van der Waals surface area (Å²) in [5.74, 6) is 0.849. The number of thioether (sulfide) groups is 1. The molecular formula is C16H18N6OS2. The van der Waals surface area contributed by atoms with Gasteiger partial charge in [-0.25, -0.2) is 0 Å². The van der Waals surface area contributed by atoms with Crippen LogP contribution in [0.15, 0.2) is 34.7 Å². The lowest BCUT2D eigenvalue weighted by atomic mass is 10.2. The highest BCUT2D eigenvalue weighted by molar-refractivity contribution is 8.01. The number of aromatic nitrogens is 4. The molecule has 0 atom stereocenters. The maximum absolute atomic E-state index is 12.1. The molecule has 2 aromatic heterocycles. The van der Waals surface area contributed by atoms with Crippen molar-refractivity contribution < 1.29 is 4.79 Å². The van der Waals surface area contributed by atoms with Gasteiger partial charge in [0.1, 0.15) is 5.82 Å². The van der Waals surface area contributed by atoms with Gasteiger partial charge in [0.25, 0.3) is 0 Å². The zero-order chi connectivity index (χ0) is 17.8. The second-order valence-corrected chi connectivity index (χ2v) is 7.70. The fourth-order valence-electron chi connectivity index (χ4n) is 2.20. The molecule has 25 heavy (non-hydrogen) atoms. The lowest BCUT2D eigenvalue weighted by Crippen LogP contribution is -2.16. The van der Waals surface area contributed by atoms with E-state index < -0.39 is 0 Å². The lowest BCUT2D eigenvalue weighted by molar-refractivity contribution is -0.113. The molecule has 0 aliphatic carbocycles. The first-order valence-electron chi connectivity index (χ1n) is 7.60. The van der Waals surface area contributed by atoms with Crippen LogP contribution in [0.25, 0.3) is 0 Å². The molecule has 0 saturated heterocycles. The molecule has 3 rings (SSSR count). The molecule has 0 saturated carbocycles. The minimum absolute atomic E-state index is 0.101. The predicted octanol–water partition coefficient (Wildman–Crippen LogP) is 3.36. The monoisotopic (exact) mass is 374 g/mol. The van der Waals surface area contributed by atoms with E-state index in [-0.39, 0.29) is 11.7 Å². The Balaban J connectivity index is 1.53.